The number of halogens is 6. The zero-order valence-corrected chi connectivity index (χ0v) is 17.7. The van der Waals surface area contributed by atoms with Crippen LogP contribution in [0.3, 0.4) is 0 Å². The summed E-state index contributed by atoms with van der Waals surface area (Å²) in [6.07, 6.45) is -9.17. The van der Waals surface area contributed by atoms with E-state index >= 15 is 0 Å². The molecule has 1 heterocycles. The Morgan fingerprint density at radius 2 is 1.76 bits per heavy atom. The molecule has 0 atom stereocenters. The molecule has 1 aromatic heterocycles. The molecule has 6 nitrogen and oxygen atoms in total. The molecule has 0 unspecified atom stereocenters. The molecule has 1 amide bonds. The zero-order valence-electron chi connectivity index (χ0n) is 16.9. The van der Waals surface area contributed by atoms with Crippen LogP contribution in [0.5, 0.6) is 5.75 Å². The highest BCUT2D eigenvalue weighted by Crippen LogP contribution is 2.33. The Balaban J connectivity index is 1.97. The highest BCUT2D eigenvalue weighted by Gasteiger charge is 2.31. The van der Waals surface area contributed by atoms with E-state index in [1.165, 1.54) is 23.8 Å². The molecule has 2 aromatic carbocycles. The molecular formula is C20H16F6N4O2S. The minimum Gasteiger partial charge on any atom is -0.497 e. The van der Waals surface area contributed by atoms with E-state index in [0.717, 1.165) is 23.9 Å². The number of amides is 1. The number of nitrogens with one attached hydrogen (secondary N) is 1. The zero-order chi connectivity index (χ0) is 24.2. The van der Waals surface area contributed by atoms with Gasteiger partial charge in [-0.2, -0.15) is 26.3 Å². The lowest BCUT2D eigenvalue weighted by molar-refractivity contribution is -0.137. The predicted molar refractivity (Wildman–Crippen MR) is 108 cm³/mol. The van der Waals surface area contributed by atoms with Crippen LogP contribution in [0.15, 0.2) is 53.7 Å². The fourth-order valence-electron chi connectivity index (χ4n) is 2.72. The number of carbonyl (C=O) groups is 1. The Hall–Kier alpha value is -3.22. The second kappa shape index (κ2) is 9.73. The normalized spacial score (nSPS) is 12.0. The van der Waals surface area contributed by atoms with Gasteiger partial charge in [-0.1, -0.05) is 17.8 Å². The van der Waals surface area contributed by atoms with Gasteiger partial charge in [0.1, 0.15) is 12.3 Å². The Morgan fingerprint density at radius 3 is 2.36 bits per heavy atom. The minimum absolute atomic E-state index is 0.0299. The van der Waals surface area contributed by atoms with Crippen molar-refractivity contribution in [2.45, 2.75) is 17.5 Å². The lowest BCUT2D eigenvalue weighted by atomic mass is 10.1. The molecule has 0 bridgehead atoms. The van der Waals surface area contributed by atoms with Crippen LogP contribution in [-0.4, -0.2) is 46.3 Å². The third-order valence-corrected chi connectivity index (χ3v) is 5.16. The molecular weight excluding hydrogens is 474 g/mol. The van der Waals surface area contributed by atoms with E-state index in [1.807, 2.05) is 0 Å². The first-order chi connectivity index (χ1) is 15.5. The number of alkyl halides is 6. The molecule has 0 saturated heterocycles. The van der Waals surface area contributed by atoms with Crippen molar-refractivity contribution in [1.29, 1.82) is 0 Å². The summed E-state index contributed by atoms with van der Waals surface area (Å²) in [4.78, 5) is 11.8. The summed E-state index contributed by atoms with van der Waals surface area (Å²) in [5.74, 6) is -0.646. The molecule has 33 heavy (non-hydrogen) atoms. The highest BCUT2D eigenvalue weighted by molar-refractivity contribution is 7.99. The van der Waals surface area contributed by atoms with Crippen molar-refractivity contribution in [3.8, 4) is 22.8 Å². The monoisotopic (exact) mass is 490 g/mol. The van der Waals surface area contributed by atoms with Crippen molar-refractivity contribution < 1.29 is 35.9 Å². The van der Waals surface area contributed by atoms with Gasteiger partial charge in [0.15, 0.2) is 11.0 Å². The summed E-state index contributed by atoms with van der Waals surface area (Å²) in [6, 6.07) is 10.9. The number of aromatic nitrogens is 3. The fraction of sp³-hybridized carbons (Fsp3) is 0.250. The summed E-state index contributed by atoms with van der Waals surface area (Å²) in [5, 5.41) is 9.73. The number of hydrogen-bond acceptors (Lipinski definition) is 5. The Morgan fingerprint density at radius 1 is 1.06 bits per heavy atom. The molecule has 0 aliphatic heterocycles. The van der Waals surface area contributed by atoms with Crippen LogP contribution in [0.4, 0.5) is 26.3 Å². The number of nitrogens with zero attached hydrogens (tertiary/aromatic N) is 3. The predicted octanol–water partition coefficient (Wildman–Crippen LogP) is 4.73. The van der Waals surface area contributed by atoms with Gasteiger partial charge in [-0.05, 0) is 42.5 Å². The SMILES string of the molecule is COc1ccc(-c2nnc(SCC(=O)NCC(F)(F)F)n2-c2cccc(C(F)(F)F)c2)cc1. The number of carbonyl (C=O) groups excluding carboxylic acids is 1. The quantitative estimate of drug-likeness (QED) is 0.383. The number of thioether (sulfide) groups is 1. The van der Waals surface area contributed by atoms with Gasteiger partial charge in [-0.15, -0.1) is 10.2 Å². The van der Waals surface area contributed by atoms with E-state index in [2.05, 4.69) is 10.2 Å². The molecule has 0 spiro atoms. The third-order valence-electron chi connectivity index (χ3n) is 4.23. The van der Waals surface area contributed by atoms with Gasteiger partial charge < -0.3 is 10.1 Å². The highest BCUT2D eigenvalue weighted by atomic mass is 32.2. The first-order valence-electron chi connectivity index (χ1n) is 9.21. The van der Waals surface area contributed by atoms with E-state index in [1.54, 1.807) is 29.6 Å². The number of ether oxygens (including phenoxy) is 1. The average Bonchev–Trinajstić information content (AvgIpc) is 3.19. The maximum Gasteiger partial charge on any atom is 0.416 e. The minimum atomic E-state index is -4.60. The van der Waals surface area contributed by atoms with Crippen LogP contribution in [0.1, 0.15) is 5.56 Å². The Labute approximate surface area is 188 Å². The Kier molecular flexibility index (Phi) is 7.20. The van der Waals surface area contributed by atoms with Gasteiger partial charge in [-0.3, -0.25) is 9.36 Å². The largest absolute Gasteiger partial charge is 0.497 e. The molecule has 0 aliphatic carbocycles. The van der Waals surface area contributed by atoms with Crippen molar-refractivity contribution in [2.24, 2.45) is 0 Å². The molecule has 0 saturated carbocycles. The molecule has 0 aliphatic rings. The summed E-state index contributed by atoms with van der Waals surface area (Å²) in [6.45, 7) is -1.50. The van der Waals surface area contributed by atoms with E-state index in [0.29, 0.717) is 11.3 Å². The van der Waals surface area contributed by atoms with Crippen LogP contribution < -0.4 is 10.1 Å². The van der Waals surface area contributed by atoms with Crippen LogP contribution in [-0.2, 0) is 11.0 Å². The molecule has 176 valence electrons. The van der Waals surface area contributed by atoms with Crippen LogP contribution >= 0.6 is 11.8 Å². The van der Waals surface area contributed by atoms with Gasteiger partial charge in [0.25, 0.3) is 0 Å². The smallest absolute Gasteiger partial charge is 0.416 e. The third kappa shape index (κ3) is 6.40. The lowest BCUT2D eigenvalue weighted by Crippen LogP contribution is -2.34. The van der Waals surface area contributed by atoms with Gasteiger partial charge in [0, 0.05) is 5.56 Å². The van der Waals surface area contributed by atoms with Gasteiger partial charge in [-0.25, -0.2) is 0 Å². The van der Waals surface area contributed by atoms with E-state index in [9.17, 15) is 31.1 Å². The lowest BCUT2D eigenvalue weighted by Gasteiger charge is -2.13. The van der Waals surface area contributed by atoms with Crippen molar-refractivity contribution in [1.82, 2.24) is 20.1 Å². The van der Waals surface area contributed by atoms with Gasteiger partial charge in [0.2, 0.25) is 5.91 Å². The van der Waals surface area contributed by atoms with Crippen molar-refractivity contribution in [3.63, 3.8) is 0 Å². The van der Waals surface area contributed by atoms with Crippen LogP contribution in [0.2, 0.25) is 0 Å². The molecule has 0 radical (unpaired) electrons. The summed E-state index contributed by atoms with van der Waals surface area (Å²) >= 11 is 0.741. The second-order valence-electron chi connectivity index (χ2n) is 6.60. The maximum absolute atomic E-state index is 13.2. The number of benzene rings is 2. The molecule has 13 heteroatoms. The molecule has 0 fully saturated rings. The first kappa shape index (κ1) is 24.4. The first-order valence-corrected chi connectivity index (χ1v) is 10.2. The second-order valence-corrected chi connectivity index (χ2v) is 7.54. The van der Waals surface area contributed by atoms with E-state index < -0.39 is 36.1 Å². The number of rotatable bonds is 7. The maximum atomic E-state index is 13.2. The molecule has 1 N–H and O–H groups in total. The summed E-state index contributed by atoms with van der Waals surface area (Å²) < 4.78 is 83.0. The topological polar surface area (TPSA) is 69.0 Å². The summed E-state index contributed by atoms with van der Waals surface area (Å²) in [5.41, 5.74) is -0.346. The molecule has 3 aromatic rings. The van der Waals surface area contributed by atoms with Gasteiger partial charge >= 0.3 is 12.4 Å². The number of methoxy groups -OCH3 is 1. The van der Waals surface area contributed by atoms with Crippen LogP contribution in [0.25, 0.3) is 17.1 Å². The fourth-order valence-corrected chi connectivity index (χ4v) is 3.51. The van der Waals surface area contributed by atoms with Crippen molar-refractivity contribution in [2.75, 3.05) is 19.4 Å². The van der Waals surface area contributed by atoms with E-state index in [4.69, 9.17) is 4.74 Å². The molecule has 3 rings (SSSR count). The standard InChI is InChI=1S/C20H16F6N4O2S/c1-32-15-7-5-12(6-8-15)17-28-29-18(33-10-16(31)27-11-19(21,22)23)30(17)14-4-2-3-13(9-14)20(24,25)26/h2-9H,10-11H2,1H3,(H,27,31). The van der Waals surface area contributed by atoms with Gasteiger partial charge in [0.05, 0.1) is 24.1 Å². The van der Waals surface area contributed by atoms with Crippen molar-refractivity contribution >= 4 is 17.7 Å². The summed E-state index contributed by atoms with van der Waals surface area (Å²) in [7, 11) is 1.47. The van der Waals surface area contributed by atoms with Crippen molar-refractivity contribution in [3.05, 3.63) is 54.1 Å². The van der Waals surface area contributed by atoms with E-state index in [-0.39, 0.29) is 16.7 Å². The number of hydrogen-bond donors (Lipinski definition) is 1. The van der Waals surface area contributed by atoms with Crippen LogP contribution in [0, 0.1) is 0 Å². The average molecular weight is 490 g/mol. The Bertz CT molecular complexity index is 1110.